The SMILES string of the molecule is C[C@H](O)CN(C)C(=O)OCC1c2ccccc2-c2ccccc21. The van der Waals surface area contributed by atoms with Crippen LogP contribution < -0.4 is 0 Å². The summed E-state index contributed by atoms with van der Waals surface area (Å²) in [6.07, 6.45) is -0.978. The van der Waals surface area contributed by atoms with Crippen molar-refractivity contribution < 1.29 is 14.6 Å². The first-order chi connectivity index (χ1) is 11.1. The molecule has 4 heteroatoms. The monoisotopic (exact) mass is 311 g/mol. The lowest BCUT2D eigenvalue weighted by Crippen LogP contribution is -2.34. The quantitative estimate of drug-likeness (QED) is 0.943. The third kappa shape index (κ3) is 3.08. The normalized spacial score (nSPS) is 14.0. The Bertz CT molecular complexity index is 666. The van der Waals surface area contributed by atoms with Crippen molar-refractivity contribution in [2.45, 2.75) is 18.9 Å². The molecule has 2 aromatic carbocycles. The number of carbonyl (C=O) groups is 1. The Labute approximate surface area is 136 Å². The molecule has 0 heterocycles. The lowest BCUT2D eigenvalue weighted by molar-refractivity contribution is 0.0863. The number of aliphatic hydroxyl groups is 1. The molecule has 0 fully saturated rings. The fourth-order valence-electron chi connectivity index (χ4n) is 3.18. The molecular weight excluding hydrogens is 290 g/mol. The molecule has 2 aromatic rings. The molecule has 3 rings (SSSR count). The molecular formula is C19H21NO3. The number of amides is 1. The van der Waals surface area contributed by atoms with E-state index in [0.29, 0.717) is 6.61 Å². The minimum absolute atomic E-state index is 0.0614. The van der Waals surface area contributed by atoms with Gasteiger partial charge in [-0.3, -0.25) is 0 Å². The first-order valence-electron chi connectivity index (χ1n) is 7.82. The van der Waals surface area contributed by atoms with Crippen molar-refractivity contribution in [2.75, 3.05) is 20.2 Å². The summed E-state index contributed by atoms with van der Waals surface area (Å²) in [6, 6.07) is 16.5. The van der Waals surface area contributed by atoms with Crippen LogP contribution in [-0.2, 0) is 4.74 Å². The standard InChI is InChI=1S/C19H21NO3/c1-13(21)11-20(2)19(22)23-12-18-16-9-5-3-7-14(16)15-8-4-6-10-17(15)18/h3-10,13,18,21H,11-12H2,1-2H3/t13-/m0/s1. The molecule has 0 unspecified atom stereocenters. The molecule has 1 atom stereocenters. The lowest BCUT2D eigenvalue weighted by Gasteiger charge is -2.20. The highest BCUT2D eigenvalue weighted by Gasteiger charge is 2.29. The number of carbonyl (C=O) groups excluding carboxylic acids is 1. The second-order valence-corrected chi connectivity index (χ2v) is 6.03. The van der Waals surface area contributed by atoms with Crippen LogP contribution >= 0.6 is 0 Å². The Morgan fingerprint density at radius 3 is 2.17 bits per heavy atom. The maximum Gasteiger partial charge on any atom is 0.409 e. The maximum absolute atomic E-state index is 12.1. The Kier molecular flexibility index (Phi) is 4.35. The molecule has 4 nitrogen and oxygen atoms in total. The second-order valence-electron chi connectivity index (χ2n) is 6.03. The molecule has 0 bridgehead atoms. The summed E-state index contributed by atoms with van der Waals surface area (Å²) in [4.78, 5) is 13.5. The fourth-order valence-corrected chi connectivity index (χ4v) is 3.18. The van der Waals surface area contributed by atoms with Crippen LogP contribution in [0.15, 0.2) is 48.5 Å². The van der Waals surface area contributed by atoms with Crippen LogP contribution in [0.1, 0.15) is 24.0 Å². The van der Waals surface area contributed by atoms with E-state index >= 15 is 0 Å². The van der Waals surface area contributed by atoms with Gasteiger partial charge in [0.1, 0.15) is 6.61 Å². The molecule has 1 aliphatic carbocycles. The van der Waals surface area contributed by atoms with Crippen molar-refractivity contribution >= 4 is 6.09 Å². The zero-order valence-electron chi connectivity index (χ0n) is 13.4. The number of fused-ring (bicyclic) bond motifs is 3. The highest BCUT2D eigenvalue weighted by Crippen LogP contribution is 2.44. The van der Waals surface area contributed by atoms with Gasteiger partial charge in [-0.1, -0.05) is 48.5 Å². The van der Waals surface area contributed by atoms with Crippen molar-refractivity contribution in [1.82, 2.24) is 4.90 Å². The predicted octanol–water partition coefficient (Wildman–Crippen LogP) is 3.25. The van der Waals surface area contributed by atoms with Crippen LogP contribution in [0.3, 0.4) is 0 Å². The average Bonchev–Trinajstić information content (AvgIpc) is 2.86. The first-order valence-corrected chi connectivity index (χ1v) is 7.82. The number of hydrogen-bond donors (Lipinski definition) is 1. The molecule has 0 radical (unpaired) electrons. The zero-order chi connectivity index (χ0) is 16.4. The zero-order valence-corrected chi connectivity index (χ0v) is 13.4. The highest BCUT2D eigenvalue weighted by atomic mass is 16.6. The van der Waals surface area contributed by atoms with E-state index in [1.54, 1.807) is 14.0 Å². The third-order valence-electron chi connectivity index (χ3n) is 4.19. The average molecular weight is 311 g/mol. The largest absolute Gasteiger partial charge is 0.448 e. The topological polar surface area (TPSA) is 49.8 Å². The Morgan fingerprint density at radius 1 is 1.13 bits per heavy atom. The van der Waals surface area contributed by atoms with Gasteiger partial charge < -0.3 is 14.7 Å². The molecule has 0 aromatic heterocycles. The van der Waals surface area contributed by atoms with Gasteiger partial charge in [-0.05, 0) is 29.2 Å². The van der Waals surface area contributed by atoms with Crippen molar-refractivity contribution in [3.05, 3.63) is 59.7 Å². The number of likely N-dealkylation sites (N-methyl/N-ethyl adjacent to an activating group) is 1. The van der Waals surface area contributed by atoms with Gasteiger partial charge in [0.2, 0.25) is 0 Å². The summed E-state index contributed by atoms with van der Waals surface area (Å²) < 4.78 is 5.48. The van der Waals surface area contributed by atoms with E-state index in [9.17, 15) is 9.90 Å². The Balaban J connectivity index is 1.77. The second kappa shape index (κ2) is 6.42. The van der Waals surface area contributed by atoms with Gasteiger partial charge in [-0.2, -0.15) is 0 Å². The summed E-state index contributed by atoms with van der Waals surface area (Å²) in [6.45, 7) is 2.21. The molecule has 1 amide bonds. The summed E-state index contributed by atoms with van der Waals surface area (Å²) in [5.41, 5.74) is 4.81. The molecule has 1 aliphatic rings. The van der Waals surface area contributed by atoms with E-state index in [1.165, 1.54) is 27.2 Å². The van der Waals surface area contributed by atoms with Gasteiger partial charge in [0.25, 0.3) is 0 Å². The van der Waals surface area contributed by atoms with Crippen LogP contribution in [0.4, 0.5) is 4.79 Å². The molecule has 0 saturated heterocycles. The minimum Gasteiger partial charge on any atom is -0.448 e. The number of ether oxygens (including phenoxy) is 1. The number of benzene rings is 2. The highest BCUT2D eigenvalue weighted by molar-refractivity contribution is 5.79. The predicted molar refractivity (Wildman–Crippen MR) is 89.4 cm³/mol. The first kappa shape index (κ1) is 15.6. The number of rotatable bonds is 4. The number of aliphatic hydroxyl groups excluding tert-OH is 1. The van der Waals surface area contributed by atoms with E-state index in [4.69, 9.17) is 4.74 Å². The summed E-state index contributed by atoms with van der Waals surface area (Å²) in [5.74, 6) is 0.0614. The number of hydrogen-bond acceptors (Lipinski definition) is 3. The Hall–Kier alpha value is -2.33. The van der Waals surface area contributed by atoms with Gasteiger partial charge in [0, 0.05) is 19.5 Å². The van der Waals surface area contributed by atoms with E-state index in [0.717, 1.165) is 0 Å². The van der Waals surface area contributed by atoms with Crippen molar-refractivity contribution in [3.63, 3.8) is 0 Å². The van der Waals surface area contributed by atoms with Crippen LogP contribution in [0.5, 0.6) is 0 Å². The summed E-state index contributed by atoms with van der Waals surface area (Å²) >= 11 is 0. The number of nitrogens with zero attached hydrogens (tertiary/aromatic N) is 1. The van der Waals surface area contributed by atoms with E-state index in [-0.39, 0.29) is 12.5 Å². The van der Waals surface area contributed by atoms with Crippen molar-refractivity contribution in [1.29, 1.82) is 0 Å². The van der Waals surface area contributed by atoms with Gasteiger partial charge in [0.15, 0.2) is 0 Å². The van der Waals surface area contributed by atoms with Gasteiger partial charge >= 0.3 is 6.09 Å². The van der Waals surface area contributed by atoms with Crippen LogP contribution in [0.2, 0.25) is 0 Å². The van der Waals surface area contributed by atoms with E-state index < -0.39 is 12.2 Å². The molecule has 0 spiro atoms. The molecule has 23 heavy (non-hydrogen) atoms. The molecule has 0 aliphatic heterocycles. The van der Waals surface area contributed by atoms with Crippen LogP contribution in [0.25, 0.3) is 11.1 Å². The van der Waals surface area contributed by atoms with Gasteiger partial charge in [-0.25, -0.2) is 4.79 Å². The molecule has 0 saturated carbocycles. The molecule has 120 valence electrons. The van der Waals surface area contributed by atoms with Crippen molar-refractivity contribution in [3.8, 4) is 11.1 Å². The van der Waals surface area contributed by atoms with Crippen LogP contribution in [-0.4, -0.2) is 42.4 Å². The lowest BCUT2D eigenvalue weighted by atomic mass is 9.98. The van der Waals surface area contributed by atoms with Crippen molar-refractivity contribution in [2.24, 2.45) is 0 Å². The Morgan fingerprint density at radius 2 is 1.65 bits per heavy atom. The fraction of sp³-hybridized carbons (Fsp3) is 0.316. The molecule has 1 N–H and O–H groups in total. The maximum atomic E-state index is 12.1. The summed E-state index contributed by atoms with van der Waals surface area (Å²) in [7, 11) is 1.63. The van der Waals surface area contributed by atoms with Crippen LogP contribution in [0, 0.1) is 0 Å². The van der Waals surface area contributed by atoms with E-state index in [1.807, 2.05) is 24.3 Å². The van der Waals surface area contributed by atoms with Gasteiger partial charge in [0.05, 0.1) is 6.10 Å². The smallest absolute Gasteiger partial charge is 0.409 e. The van der Waals surface area contributed by atoms with E-state index in [2.05, 4.69) is 24.3 Å². The van der Waals surface area contributed by atoms with Gasteiger partial charge in [-0.15, -0.1) is 0 Å². The third-order valence-corrected chi connectivity index (χ3v) is 4.19. The summed E-state index contributed by atoms with van der Waals surface area (Å²) in [5, 5.41) is 9.36. The minimum atomic E-state index is -0.569.